The average molecular weight is 346 g/mol. The minimum Gasteiger partial charge on any atom is -0.259 e. The molecule has 2 aliphatic carbocycles. The molecule has 0 aromatic carbocycles. The van der Waals surface area contributed by atoms with Crippen LogP contribution in [0.2, 0.25) is 0 Å². The van der Waals surface area contributed by atoms with Gasteiger partial charge in [0.2, 0.25) is 0 Å². The van der Waals surface area contributed by atoms with Gasteiger partial charge < -0.3 is 0 Å². The van der Waals surface area contributed by atoms with E-state index in [1.807, 2.05) is 57.8 Å². The minimum absolute atomic E-state index is 0. The van der Waals surface area contributed by atoms with Crippen molar-refractivity contribution in [1.82, 2.24) is 0 Å². The molecule has 2 aliphatic rings. The van der Waals surface area contributed by atoms with Crippen LogP contribution in [0.25, 0.3) is 0 Å². The summed E-state index contributed by atoms with van der Waals surface area (Å²) in [6.45, 7) is 2.23. The molecule has 0 amide bonds. The number of hydrogen-bond donors (Lipinski definition) is 0. The first-order chi connectivity index (χ1) is 9.84. The minimum atomic E-state index is -0.760. The number of hydrogen-bond acceptors (Lipinski definition) is 1. The first kappa shape index (κ1) is 21.7. The van der Waals surface area contributed by atoms with Crippen LogP contribution in [-0.2, 0) is 27.9 Å². The van der Waals surface area contributed by atoms with E-state index in [2.05, 4.69) is 6.92 Å². The molecule has 1 atom stereocenters. The largest absolute Gasteiger partial charge is 0.259 e. The SMILES string of the molecule is CCCCCCCC[S@@](=O)[C]1[CH][CH][CH][CH]1.[CH]1[CH][CH][CH][CH]1.[Fe]. The molecule has 10 radical (unpaired) electrons. The first-order valence-corrected chi connectivity index (χ1v) is 8.93. The van der Waals surface area contributed by atoms with E-state index in [0.717, 1.165) is 17.4 Å². The van der Waals surface area contributed by atoms with Crippen LogP contribution in [0.5, 0.6) is 0 Å². The predicted octanol–water partition coefficient (Wildman–Crippen LogP) is 4.48. The fourth-order valence-corrected chi connectivity index (χ4v) is 3.12. The van der Waals surface area contributed by atoms with E-state index < -0.39 is 10.8 Å². The van der Waals surface area contributed by atoms with E-state index in [-0.39, 0.29) is 17.1 Å². The maximum absolute atomic E-state index is 11.7. The summed E-state index contributed by atoms with van der Waals surface area (Å²) in [5, 5.41) is 0.989. The van der Waals surface area contributed by atoms with E-state index in [4.69, 9.17) is 0 Å². The second-order valence-corrected chi connectivity index (χ2v) is 6.47. The van der Waals surface area contributed by atoms with Gasteiger partial charge in [0.1, 0.15) is 0 Å². The van der Waals surface area contributed by atoms with Gasteiger partial charge in [0, 0.05) is 33.6 Å². The molecule has 0 aromatic rings. The van der Waals surface area contributed by atoms with Crippen LogP contribution in [0.4, 0.5) is 0 Å². The zero-order valence-corrected chi connectivity index (χ0v) is 14.7. The fraction of sp³-hybridized carbons (Fsp3) is 0.444. The molecule has 0 spiro atoms. The van der Waals surface area contributed by atoms with E-state index in [1.54, 1.807) is 0 Å². The van der Waals surface area contributed by atoms with Crippen LogP contribution in [0, 0.1) is 63.0 Å². The molecular weight excluding hydrogens is 320 g/mol. The average Bonchev–Trinajstić information content (AvgIpc) is 3.18. The Kier molecular flexibility index (Phi) is 16.1. The Balaban J connectivity index is 0.000000562. The summed E-state index contributed by atoms with van der Waals surface area (Å²) < 4.78 is 11.7. The Morgan fingerprint density at radius 3 is 1.76 bits per heavy atom. The molecule has 0 saturated heterocycles. The standard InChI is InChI=1S/C13H21OS.C5H5.Fe/c1-2-3-4-5-6-9-12-15(14)13-10-7-8-11-13;1-2-4-5-3-1;/h7-8,10-11H,2-6,9,12H2,1H3;1-5H;/t15-;;/m1../s1. The van der Waals surface area contributed by atoms with Crippen molar-refractivity contribution in [3.05, 3.63) is 63.0 Å². The van der Waals surface area contributed by atoms with Gasteiger partial charge in [-0.2, -0.15) is 0 Å². The fourth-order valence-electron chi connectivity index (χ4n) is 1.96. The zero-order chi connectivity index (χ0) is 14.5. The van der Waals surface area contributed by atoms with Crippen molar-refractivity contribution in [1.29, 1.82) is 0 Å². The Labute approximate surface area is 146 Å². The Morgan fingerprint density at radius 2 is 1.24 bits per heavy atom. The van der Waals surface area contributed by atoms with Crippen LogP contribution in [0.15, 0.2) is 0 Å². The maximum atomic E-state index is 11.7. The van der Waals surface area contributed by atoms with Crippen LogP contribution in [0.1, 0.15) is 45.4 Å². The Morgan fingerprint density at radius 1 is 0.762 bits per heavy atom. The Bertz CT molecular complexity index is 228. The quantitative estimate of drug-likeness (QED) is 0.468. The molecule has 0 bridgehead atoms. The van der Waals surface area contributed by atoms with Crippen molar-refractivity contribution in [3.63, 3.8) is 0 Å². The molecule has 2 saturated carbocycles. The van der Waals surface area contributed by atoms with Crippen molar-refractivity contribution >= 4 is 10.8 Å². The third-order valence-corrected chi connectivity index (χ3v) is 4.59. The van der Waals surface area contributed by atoms with Crippen molar-refractivity contribution in [2.75, 3.05) is 5.75 Å². The van der Waals surface area contributed by atoms with Crippen molar-refractivity contribution in [2.45, 2.75) is 45.4 Å². The molecule has 0 heterocycles. The molecule has 0 aromatic heterocycles. The molecule has 3 heteroatoms. The summed E-state index contributed by atoms with van der Waals surface area (Å²) >= 11 is 0. The monoisotopic (exact) mass is 346 g/mol. The van der Waals surface area contributed by atoms with Gasteiger partial charge in [-0.1, -0.05) is 39.0 Å². The van der Waals surface area contributed by atoms with Crippen molar-refractivity contribution in [3.8, 4) is 0 Å². The predicted molar refractivity (Wildman–Crippen MR) is 88.3 cm³/mol. The molecule has 21 heavy (non-hydrogen) atoms. The normalized spacial score (nSPS) is 19.7. The smallest absolute Gasteiger partial charge is 0.0704 e. The molecular formula is C18H26FeOS. The summed E-state index contributed by atoms with van der Waals surface area (Å²) in [6.07, 6.45) is 25.4. The van der Waals surface area contributed by atoms with Gasteiger partial charge in [0.05, 0.1) is 5.25 Å². The molecule has 2 fully saturated rings. The molecule has 2 rings (SSSR count). The van der Waals surface area contributed by atoms with Gasteiger partial charge >= 0.3 is 0 Å². The zero-order valence-electron chi connectivity index (χ0n) is 12.8. The molecule has 0 unspecified atom stereocenters. The van der Waals surface area contributed by atoms with E-state index in [9.17, 15) is 4.21 Å². The molecule has 1 nitrogen and oxygen atoms in total. The van der Waals surface area contributed by atoms with Crippen molar-refractivity contribution in [2.24, 2.45) is 0 Å². The summed E-state index contributed by atoms with van der Waals surface area (Å²) in [4.78, 5) is 0. The van der Waals surface area contributed by atoms with Gasteiger partial charge in [-0.3, -0.25) is 4.21 Å². The van der Waals surface area contributed by atoms with E-state index >= 15 is 0 Å². The topological polar surface area (TPSA) is 17.1 Å². The summed E-state index contributed by atoms with van der Waals surface area (Å²) in [5.41, 5.74) is 0. The van der Waals surface area contributed by atoms with Gasteiger partial charge in [-0.25, -0.2) is 0 Å². The third-order valence-electron chi connectivity index (χ3n) is 3.13. The Hall–Kier alpha value is 0.669. The summed E-state index contributed by atoms with van der Waals surface area (Å²) in [5.74, 6) is 0.830. The second-order valence-electron chi connectivity index (χ2n) is 4.90. The van der Waals surface area contributed by atoms with Gasteiger partial charge in [0.15, 0.2) is 0 Å². The van der Waals surface area contributed by atoms with E-state index in [1.165, 1.54) is 32.1 Å². The molecule has 0 N–H and O–H groups in total. The van der Waals surface area contributed by atoms with Gasteiger partial charge in [0.25, 0.3) is 0 Å². The summed E-state index contributed by atoms with van der Waals surface area (Å²) in [6, 6.07) is 0. The van der Waals surface area contributed by atoms with Crippen LogP contribution in [0.3, 0.4) is 0 Å². The summed E-state index contributed by atoms with van der Waals surface area (Å²) in [7, 11) is -0.760. The second kappa shape index (κ2) is 15.6. The number of rotatable bonds is 8. The van der Waals surface area contributed by atoms with Crippen LogP contribution in [-0.4, -0.2) is 9.96 Å². The number of unbranched alkanes of at least 4 members (excludes halogenated alkanes) is 5. The van der Waals surface area contributed by atoms with Crippen LogP contribution >= 0.6 is 0 Å². The maximum Gasteiger partial charge on any atom is 0.0704 e. The molecule has 118 valence electrons. The van der Waals surface area contributed by atoms with Crippen LogP contribution < -0.4 is 0 Å². The third kappa shape index (κ3) is 11.8. The van der Waals surface area contributed by atoms with E-state index in [0.29, 0.717) is 0 Å². The van der Waals surface area contributed by atoms with Gasteiger partial charge in [-0.15, -0.1) is 0 Å². The first-order valence-electron chi connectivity index (χ1n) is 7.61. The molecule has 0 aliphatic heterocycles. The van der Waals surface area contributed by atoms with Gasteiger partial charge in [-0.05, 0) is 64.2 Å². The van der Waals surface area contributed by atoms with Crippen molar-refractivity contribution < 1.29 is 21.3 Å².